The van der Waals surface area contributed by atoms with Gasteiger partial charge in [0.2, 0.25) is 0 Å². The first-order chi connectivity index (χ1) is 13.9. The number of allylic oxidation sites excluding steroid dienone is 1. The van der Waals surface area contributed by atoms with Crippen LogP contribution in [0.1, 0.15) is 45.2 Å². The van der Waals surface area contributed by atoms with Gasteiger partial charge >= 0.3 is 5.97 Å². The van der Waals surface area contributed by atoms with E-state index < -0.39 is 11.9 Å². The van der Waals surface area contributed by atoms with Crippen LogP contribution in [0.5, 0.6) is 0 Å². The Hall–Kier alpha value is -2.75. The van der Waals surface area contributed by atoms with E-state index in [1.807, 2.05) is 43.3 Å². The van der Waals surface area contributed by atoms with E-state index in [0.717, 1.165) is 12.1 Å². The molecule has 0 heterocycles. The van der Waals surface area contributed by atoms with Crippen LogP contribution in [0.3, 0.4) is 0 Å². The summed E-state index contributed by atoms with van der Waals surface area (Å²) in [6.45, 7) is 9.74. The highest BCUT2D eigenvalue weighted by Crippen LogP contribution is 2.29. The second-order valence-corrected chi connectivity index (χ2v) is 7.73. The molecule has 4 nitrogen and oxygen atoms in total. The zero-order valence-electron chi connectivity index (χ0n) is 18.0. The van der Waals surface area contributed by atoms with Crippen molar-refractivity contribution < 1.29 is 14.6 Å². The van der Waals surface area contributed by atoms with Gasteiger partial charge in [-0.1, -0.05) is 74.5 Å². The van der Waals surface area contributed by atoms with Gasteiger partial charge < -0.3 is 14.7 Å². The molecule has 0 radical (unpaired) electrons. The Labute approximate surface area is 174 Å². The molecular weight excluding hydrogens is 362 g/mol. The lowest BCUT2D eigenvalue weighted by atomic mass is 9.99. The summed E-state index contributed by atoms with van der Waals surface area (Å²) in [5.41, 5.74) is 3.34. The highest BCUT2D eigenvalue weighted by Gasteiger charge is 2.26. The standard InChI is InChI=1S/C25H33NO3/c1-5-29-24(20(4)25(27)28)23(16-19(2)3)26(17-21-12-8-6-9-13-21)18-22-14-10-7-11-15-22/h6-15,19-20H,5,16-18H2,1-4H3,(H,27,28)/b24-23+. The van der Waals surface area contributed by atoms with Gasteiger partial charge in [0.05, 0.1) is 12.3 Å². The van der Waals surface area contributed by atoms with E-state index in [1.165, 1.54) is 11.1 Å². The fourth-order valence-electron chi connectivity index (χ4n) is 3.35. The molecule has 0 amide bonds. The van der Waals surface area contributed by atoms with Crippen molar-refractivity contribution >= 4 is 5.97 Å². The number of hydrogen-bond donors (Lipinski definition) is 1. The second kappa shape index (κ2) is 11.3. The van der Waals surface area contributed by atoms with Gasteiger partial charge in [-0.2, -0.15) is 0 Å². The molecule has 1 N–H and O–H groups in total. The number of hydrogen-bond acceptors (Lipinski definition) is 3. The molecule has 2 aromatic rings. The van der Waals surface area contributed by atoms with Crippen molar-refractivity contribution in [3.8, 4) is 0 Å². The minimum atomic E-state index is -0.867. The van der Waals surface area contributed by atoms with Crippen molar-refractivity contribution in [3.05, 3.63) is 83.2 Å². The molecule has 0 aliphatic rings. The first-order valence-electron chi connectivity index (χ1n) is 10.3. The number of carboxylic acids is 1. The second-order valence-electron chi connectivity index (χ2n) is 7.73. The molecule has 156 valence electrons. The number of carboxylic acid groups (broad SMARTS) is 1. The lowest BCUT2D eigenvalue weighted by molar-refractivity contribution is -0.141. The van der Waals surface area contributed by atoms with E-state index >= 15 is 0 Å². The van der Waals surface area contributed by atoms with Crippen molar-refractivity contribution in [2.45, 2.75) is 47.2 Å². The molecule has 2 aromatic carbocycles. The molecule has 0 aliphatic carbocycles. The van der Waals surface area contributed by atoms with Crippen LogP contribution in [0.25, 0.3) is 0 Å². The molecule has 29 heavy (non-hydrogen) atoms. The maximum atomic E-state index is 11.8. The predicted octanol–water partition coefficient (Wildman–Crippen LogP) is 5.70. The van der Waals surface area contributed by atoms with Gasteiger partial charge in [-0.25, -0.2) is 0 Å². The van der Waals surface area contributed by atoms with Crippen LogP contribution in [0.2, 0.25) is 0 Å². The van der Waals surface area contributed by atoms with E-state index in [9.17, 15) is 9.90 Å². The summed E-state index contributed by atoms with van der Waals surface area (Å²) < 4.78 is 5.94. The number of aliphatic carboxylic acids is 1. The lowest BCUT2D eigenvalue weighted by Crippen LogP contribution is -2.28. The summed E-state index contributed by atoms with van der Waals surface area (Å²) in [4.78, 5) is 14.1. The number of nitrogens with zero attached hydrogens (tertiary/aromatic N) is 1. The number of benzene rings is 2. The highest BCUT2D eigenvalue weighted by atomic mass is 16.5. The van der Waals surface area contributed by atoms with Crippen molar-refractivity contribution in [3.63, 3.8) is 0 Å². The van der Waals surface area contributed by atoms with E-state index in [0.29, 0.717) is 31.4 Å². The number of ether oxygens (including phenoxy) is 1. The minimum Gasteiger partial charge on any atom is -0.496 e. The Balaban J connectivity index is 2.54. The fraction of sp³-hybridized carbons (Fsp3) is 0.400. The quantitative estimate of drug-likeness (QED) is 0.496. The zero-order valence-corrected chi connectivity index (χ0v) is 18.0. The molecule has 0 aromatic heterocycles. The molecule has 0 spiro atoms. The van der Waals surface area contributed by atoms with Crippen LogP contribution in [-0.4, -0.2) is 22.6 Å². The van der Waals surface area contributed by atoms with Crippen LogP contribution < -0.4 is 0 Å². The first-order valence-corrected chi connectivity index (χ1v) is 10.3. The third kappa shape index (κ3) is 6.97. The third-order valence-corrected chi connectivity index (χ3v) is 4.76. The van der Waals surface area contributed by atoms with Crippen LogP contribution in [0.15, 0.2) is 72.1 Å². The van der Waals surface area contributed by atoms with Crippen LogP contribution in [-0.2, 0) is 22.6 Å². The SMILES string of the molecule is CCO/C(=C(\CC(C)C)N(Cc1ccccc1)Cc1ccccc1)C(C)C(=O)O. The topological polar surface area (TPSA) is 49.8 Å². The first kappa shape index (κ1) is 22.5. The van der Waals surface area contributed by atoms with E-state index in [1.54, 1.807) is 6.92 Å². The summed E-state index contributed by atoms with van der Waals surface area (Å²) in [7, 11) is 0. The molecular formula is C25H33NO3. The van der Waals surface area contributed by atoms with Gasteiger partial charge in [0.25, 0.3) is 0 Å². The molecule has 0 bridgehead atoms. The predicted molar refractivity (Wildman–Crippen MR) is 117 cm³/mol. The van der Waals surface area contributed by atoms with E-state index in [4.69, 9.17) is 4.74 Å². The minimum absolute atomic E-state index is 0.371. The summed E-state index contributed by atoms with van der Waals surface area (Å²) in [5.74, 6) is -0.622. The molecule has 2 rings (SSSR count). The van der Waals surface area contributed by atoms with Gasteiger partial charge in [-0.3, -0.25) is 4.79 Å². The summed E-state index contributed by atoms with van der Waals surface area (Å²) in [5, 5.41) is 9.69. The van der Waals surface area contributed by atoms with Crippen LogP contribution >= 0.6 is 0 Å². The van der Waals surface area contributed by atoms with E-state index in [2.05, 4.69) is 43.0 Å². The molecule has 0 aliphatic heterocycles. The fourth-order valence-corrected chi connectivity index (χ4v) is 3.35. The smallest absolute Gasteiger partial charge is 0.313 e. The van der Waals surface area contributed by atoms with Gasteiger partial charge in [0, 0.05) is 13.1 Å². The van der Waals surface area contributed by atoms with Gasteiger partial charge in [0.15, 0.2) is 0 Å². The number of carbonyl (C=O) groups is 1. The molecule has 0 saturated carbocycles. The summed E-state index contributed by atoms with van der Waals surface area (Å²) in [6, 6.07) is 20.6. The Bertz CT molecular complexity index is 743. The monoisotopic (exact) mass is 395 g/mol. The Kier molecular flexibility index (Phi) is 8.78. The Morgan fingerprint density at radius 1 is 0.931 bits per heavy atom. The average molecular weight is 396 g/mol. The normalized spacial score (nSPS) is 13.0. The maximum absolute atomic E-state index is 11.8. The largest absolute Gasteiger partial charge is 0.496 e. The zero-order chi connectivity index (χ0) is 21.2. The summed E-state index contributed by atoms with van der Waals surface area (Å²) in [6.07, 6.45) is 0.757. The van der Waals surface area contributed by atoms with Gasteiger partial charge in [0.1, 0.15) is 11.7 Å². The van der Waals surface area contributed by atoms with Gasteiger partial charge in [-0.05, 0) is 37.3 Å². The Morgan fingerprint density at radius 2 is 1.41 bits per heavy atom. The molecule has 0 saturated heterocycles. The van der Waals surface area contributed by atoms with Crippen LogP contribution in [0.4, 0.5) is 0 Å². The average Bonchev–Trinajstić information content (AvgIpc) is 2.71. The number of rotatable bonds is 11. The Morgan fingerprint density at radius 3 is 1.79 bits per heavy atom. The molecule has 1 unspecified atom stereocenters. The molecule has 4 heteroatoms. The van der Waals surface area contributed by atoms with E-state index in [-0.39, 0.29) is 0 Å². The van der Waals surface area contributed by atoms with Crippen molar-refractivity contribution in [2.24, 2.45) is 11.8 Å². The maximum Gasteiger partial charge on any atom is 0.313 e. The van der Waals surface area contributed by atoms with Crippen molar-refractivity contribution in [1.29, 1.82) is 0 Å². The lowest BCUT2D eigenvalue weighted by Gasteiger charge is -2.32. The highest BCUT2D eigenvalue weighted by molar-refractivity contribution is 5.72. The van der Waals surface area contributed by atoms with Crippen LogP contribution in [0, 0.1) is 11.8 Å². The van der Waals surface area contributed by atoms with Crippen molar-refractivity contribution in [2.75, 3.05) is 6.61 Å². The third-order valence-electron chi connectivity index (χ3n) is 4.76. The molecule has 0 fully saturated rings. The van der Waals surface area contributed by atoms with Crippen molar-refractivity contribution in [1.82, 2.24) is 4.90 Å². The van der Waals surface area contributed by atoms with Gasteiger partial charge in [-0.15, -0.1) is 0 Å². The molecule has 1 atom stereocenters. The summed E-state index contributed by atoms with van der Waals surface area (Å²) >= 11 is 0.